The van der Waals surface area contributed by atoms with Gasteiger partial charge in [0.1, 0.15) is 0 Å². The second-order valence-corrected chi connectivity index (χ2v) is 37.4. The van der Waals surface area contributed by atoms with E-state index in [-0.39, 0.29) is 111 Å². The number of rotatable bonds is 23. The minimum atomic E-state index is -3.22. The number of nitrogens with one attached hydrogen (secondary N) is 2. The number of halogens is 3. The number of aliphatic carboxylic acids is 2. The number of aliphatic hydroxyl groups is 1. The van der Waals surface area contributed by atoms with Gasteiger partial charge >= 0.3 is 40.7 Å². The molecule has 10 aromatic carbocycles. The maximum atomic E-state index is 12.1. The summed E-state index contributed by atoms with van der Waals surface area (Å²) in [5.74, 6) is 13.6. The number of hydrogen-bond acceptors (Lipinski definition) is 29. The van der Waals surface area contributed by atoms with Crippen LogP contribution in [0.1, 0.15) is 129 Å². The molecule has 0 aromatic heterocycles. The Morgan fingerprint density at radius 2 is 0.824 bits per heavy atom. The molecule has 0 spiro atoms. The van der Waals surface area contributed by atoms with Crippen molar-refractivity contribution in [2.24, 2.45) is 10.7 Å². The first-order valence-electron chi connectivity index (χ1n) is 43.0. The van der Waals surface area contributed by atoms with E-state index in [1.165, 1.54) is 50.1 Å². The Hall–Kier alpha value is -11.7. The van der Waals surface area contributed by atoms with Crippen LogP contribution in [0.5, 0.6) is 115 Å². The Kier molecular flexibility index (Phi) is 52.4. The molecule has 0 fully saturated rings. The molecule has 7 N–H and O–H groups in total. The minimum absolute atomic E-state index is 0. The molecule has 764 valence electrons. The molecule has 2 unspecified atom stereocenters. The summed E-state index contributed by atoms with van der Waals surface area (Å²) in [4.78, 5) is 38.8. The number of benzene rings is 10. The van der Waals surface area contributed by atoms with E-state index in [4.69, 9.17) is 126 Å². The summed E-state index contributed by atoms with van der Waals surface area (Å²) in [5.41, 5.74) is 23.1. The fraction of sp³-hybridized carbons (Fsp3) is 0.379. The normalized spacial score (nSPS) is 14.0. The third-order valence-corrected chi connectivity index (χ3v) is 22.3. The topological polar surface area (TPSA) is 379 Å². The van der Waals surface area contributed by atoms with E-state index in [0.717, 1.165) is 205 Å². The predicted octanol–water partition coefficient (Wildman–Crippen LogP) is 15.2. The van der Waals surface area contributed by atoms with Crippen LogP contribution in [-0.2, 0) is 89.7 Å². The van der Waals surface area contributed by atoms with Crippen LogP contribution in [0.25, 0.3) is 0 Å². The van der Waals surface area contributed by atoms with Crippen molar-refractivity contribution >= 4 is 79.3 Å². The van der Waals surface area contributed by atoms with Gasteiger partial charge in [-0.05, 0) is 285 Å². The summed E-state index contributed by atoms with van der Waals surface area (Å²) in [5, 5.41) is 26.3. The molecule has 6 radical (unpaired) electrons. The molecular weight excluding hydrogens is 1920 g/mol. The molecular formula is C103H132B2Cl3N5NaO27P. The molecule has 9 aliphatic rings. The number of nitrogens with two attached hydrogens (primary N) is 1. The van der Waals surface area contributed by atoms with E-state index < -0.39 is 17.1 Å². The monoisotopic (exact) mass is 2050 g/mol. The number of carbonyl (C=O) groups is 3. The van der Waals surface area contributed by atoms with E-state index >= 15 is 0 Å². The number of methoxy groups -OCH3 is 10. The Balaban J connectivity index is 0.000000572. The maximum Gasteiger partial charge on any atom is 1.00 e. The molecule has 9 heterocycles. The van der Waals surface area contributed by atoms with E-state index in [0.29, 0.717) is 81.1 Å². The first-order valence-corrected chi connectivity index (χ1v) is 47.4. The number of nitrogens with zero attached hydrogens (tertiary/aromatic N) is 2. The van der Waals surface area contributed by atoms with Gasteiger partial charge in [-0.1, -0.05) is 66.1 Å². The Morgan fingerprint density at radius 1 is 0.458 bits per heavy atom. The second-order valence-electron chi connectivity index (χ2n) is 30.7. The van der Waals surface area contributed by atoms with Crippen LogP contribution in [-0.4, -0.2) is 205 Å². The van der Waals surface area contributed by atoms with E-state index in [2.05, 4.69) is 110 Å². The summed E-state index contributed by atoms with van der Waals surface area (Å²) >= 11 is 13.8. The number of amides is 1. The van der Waals surface area contributed by atoms with Gasteiger partial charge in [0.15, 0.2) is 115 Å². The molecule has 19 rings (SSSR count). The van der Waals surface area contributed by atoms with Crippen molar-refractivity contribution in [2.45, 2.75) is 119 Å². The predicted molar refractivity (Wildman–Crippen MR) is 551 cm³/mol. The van der Waals surface area contributed by atoms with Gasteiger partial charge in [0.05, 0.1) is 83.9 Å². The number of hydrogen-bond donors (Lipinski definition) is 6. The zero-order valence-corrected chi connectivity index (χ0v) is 84.5. The van der Waals surface area contributed by atoms with E-state index in [1.54, 1.807) is 89.3 Å². The zero-order valence-electron chi connectivity index (χ0n) is 80.4. The summed E-state index contributed by atoms with van der Waals surface area (Å²) in [7, 11) is 17.5. The molecule has 9 aliphatic heterocycles. The van der Waals surface area contributed by atoms with Crippen LogP contribution in [0.3, 0.4) is 0 Å². The molecule has 0 bridgehead atoms. The number of carboxylic acid groups (broad SMARTS) is 2. The quantitative estimate of drug-likeness (QED) is 0.0256. The Morgan fingerprint density at radius 3 is 1.28 bits per heavy atom. The fourth-order valence-electron chi connectivity index (χ4n) is 16.1. The summed E-state index contributed by atoms with van der Waals surface area (Å²) in [6.07, 6.45) is 7.46. The number of aliphatic imine (C=N–C) groups is 1. The Labute approximate surface area is 875 Å². The third kappa shape index (κ3) is 34.3. The molecule has 142 heavy (non-hydrogen) atoms. The average molecular weight is 2060 g/mol. The van der Waals surface area contributed by atoms with Gasteiger partial charge in [-0.15, -0.1) is 0 Å². The van der Waals surface area contributed by atoms with Crippen LogP contribution < -0.4 is 141 Å². The molecule has 10 aromatic rings. The molecule has 39 heteroatoms. The SMILES string of the molecule is C.C.C.C.CC(=O)O.CO.COc1cc2c(cc1OC)C(Cc1ccc3c(c1)OCO3)=NCC2.COc1cc2c(cc1OC)C(Cc1ccc3c(c1)OCO3)NCC2.COc1cc2c(cc1OC)C1Cc3cc4c(cc3CN1CC2)OCO4.COc1ccc(CCN)cc1OC.COc1ccc(CCNC(=O)Cc2ccc3c(c2)OCO3)cc1OC.O=C(O)Cc1ccc2c(c1)OCO2.O=P(Cl)(Cl)Cl.[2HH].[B].[B].[H-].[Na+]. The molecule has 0 saturated heterocycles. The maximum absolute atomic E-state index is 12.1. The van der Waals surface area contributed by atoms with Crippen LogP contribution in [0.15, 0.2) is 163 Å². The van der Waals surface area contributed by atoms with Gasteiger partial charge in [-0.2, -0.15) is 0 Å². The van der Waals surface area contributed by atoms with Gasteiger partial charge in [0.25, 0.3) is 5.97 Å². The summed E-state index contributed by atoms with van der Waals surface area (Å²) < 4.78 is 117. The van der Waals surface area contributed by atoms with Crippen molar-refractivity contribution in [1.82, 2.24) is 15.5 Å². The number of carboxylic acids is 2. The van der Waals surface area contributed by atoms with Gasteiger partial charge in [0, 0.05) is 88.2 Å². The van der Waals surface area contributed by atoms with Crippen molar-refractivity contribution in [2.75, 3.05) is 145 Å². The average Bonchev–Trinajstić information content (AvgIpc) is 1.08. The first-order chi connectivity index (χ1) is 65.3. The zero-order chi connectivity index (χ0) is 96.7. The standard InChI is InChI=1S/C20H21NO4.C19H21NO5.C19H21NO4.C19H19NO4.C10H15NO2.C9H8O4.C2H4O2.CH4O.4CH4.2B.Cl3OP.Na.H2.H/c1-22-17-6-12-3-4-21-10-14-8-20-19(24-11-25-20)7-13(14)5-16(21)15(12)9-18(17)23-2;1-22-15-5-3-13(9-17(15)23-2)7-8-20-19(21)11-14-4-6-16-18(10-14)25-12-24-16;2*1-21-17-9-13-5-6-20-15(14(13)10-18(17)22-2)7-12-3-4-16-19(8-12)24-11-23-16;1-12-9-4-3-8(5-6-11)7-10(9)13-2;10-9(11)4-6-1-2-7-8(3-6)13-5-12-7;1-2(3)4;1-2;;;;;;;1-5(2,3)4;;;/h6-9,16H,3-5,10-11H2,1-2H3;3-6,9-10H,7-8,11-12H2,1-2H3,(H,20,21);3-4,8-10,15,20H,5-7,11H2,1-2H3;3-4,8-10H,5-7,11H2,1-2H3;3-4,7H,5-6,11H2,1-2H3;1-3H,4-5H2,(H,10,11);1H3,(H,3,4);2H,1H3;4*1H4;;;;;1H;/q;;;;;;;;;;;;;;;+1;;-1/i;;;;;;;;;;;;;;;;1+1;. The van der Waals surface area contributed by atoms with Crippen molar-refractivity contribution in [1.29, 1.82) is 0 Å². The molecule has 0 aliphatic carbocycles. The van der Waals surface area contributed by atoms with Crippen molar-refractivity contribution in [3.63, 3.8) is 0 Å². The summed E-state index contributed by atoms with van der Waals surface area (Å²) in [6, 6.07) is 52.0. The number of aliphatic hydroxyl groups excluding tert-OH is 1. The summed E-state index contributed by atoms with van der Waals surface area (Å²) in [6.45, 7) is 7.41. The van der Waals surface area contributed by atoms with Crippen molar-refractivity contribution in [3.05, 3.63) is 236 Å². The molecule has 2 atom stereocenters. The van der Waals surface area contributed by atoms with E-state index in [9.17, 15) is 14.2 Å². The largest absolute Gasteiger partial charge is 1.00 e. The van der Waals surface area contributed by atoms with Crippen LogP contribution in [0.4, 0.5) is 0 Å². The van der Waals surface area contributed by atoms with E-state index in [1.807, 2.05) is 78.9 Å². The molecule has 0 saturated carbocycles. The molecule has 1 amide bonds. The number of ether oxygens (including phenoxy) is 20. The first kappa shape index (κ1) is 123. The molecule has 32 nitrogen and oxygen atoms in total. The van der Waals surface area contributed by atoms with Crippen molar-refractivity contribution < 1.29 is 161 Å². The van der Waals surface area contributed by atoms with Gasteiger partial charge < -0.3 is 128 Å². The minimum Gasteiger partial charge on any atom is -1.00 e. The smallest absolute Gasteiger partial charge is 1.00 e. The third-order valence-electron chi connectivity index (χ3n) is 22.3. The van der Waals surface area contributed by atoms with Crippen LogP contribution >= 0.6 is 38.9 Å². The van der Waals surface area contributed by atoms with Crippen LogP contribution in [0, 0.1) is 0 Å². The number of carbonyl (C=O) groups excluding carboxylic acids is 1. The van der Waals surface area contributed by atoms with Gasteiger partial charge in [0.2, 0.25) is 39.9 Å². The van der Waals surface area contributed by atoms with Crippen LogP contribution in [0.2, 0.25) is 0 Å². The fourth-order valence-corrected chi connectivity index (χ4v) is 16.1. The van der Waals surface area contributed by atoms with Gasteiger partial charge in [-0.3, -0.25) is 28.8 Å². The van der Waals surface area contributed by atoms with Crippen molar-refractivity contribution in [3.8, 4) is 115 Å². The Bertz CT molecular complexity index is 5830. The number of fused-ring (bicyclic) bond motifs is 11. The second kappa shape index (κ2) is 60.7. The van der Waals surface area contributed by atoms with Gasteiger partial charge in [-0.25, -0.2) is 0 Å².